The Bertz CT molecular complexity index is 986. The second kappa shape index (κ2) is 7.19. The van der Waals surface area contributed by atoms with E-state index in [4.69, 9.17) is 9.26 Å². The number of thiazole rings is 1. The predicted molar refractivity (Wildman–Crippen MR) is 93.1 cm³/mol. The molecule has 138 valence electrons. The lowest BCUT2D eigenvalue weighted by Crippen LogP contribution is -2.15. The van der Waals surface area contributed by atoms with Crippen LogP contribution in [0.5, 0.6) is 0 Å². The van der Waals surface area contributed by atoms with E-state index in [1.165, 1.54) is 29.9 Å². The molecule has 1 amide bonds. The summed E-state index contributed by atoms with van der Waals surface area (Å²) in [5.74, 6) is -1.30. The molecule has 1 aliphatic carbocycles. The number of esters is 1. The molecule has 11 heteroatoms. The third-order valence-corrected chi connectivity index (χ3v) is 4.97. The van der Waals surface area contributed by atoms with Gasteiger partial charge in [-0.2, -0.15) is 4.98 Å². The zero-order chi connectivity index (χ0) is 18.8. The van der Waals surface area contributed by atoms with Crippen molar-refractivity contribution in [3.63, 3.8) is 0 Å². The molecule has 10 nitrogen and oxygen atoms in total. The van der Waals surface area contributed by atoms with Gasteiger partial charge in [0.2, 0.25) is 5.82 Å². The minimum Gasteiger partial charge on any atom is -0.465 e. The molecule has 27 heavy (non-hydrogen) atoms. The number of aryl methyl sites for hydroxylation is 1. The molecule has 3 aromatic rings. The third kappa shape index (κ3) is 3.40. The Balaban J connectivity index is 1.48. The SMILES string of the molecule is CCOC(=O)[C@H]1CCc2sc(NC(=O)c3nc(-c4cnccn4)no3)nc21. The van der Waals surface area contributed by atoms with Crippen molar-refractivity contribution in [1.82, 2.24) is 25.1 Å². The Morgan fingerprint density at radius 1 is 1.37 bits per heavy atom. The van der Waals surface area contributed by atoms with E-state index in [2.05, 4.69) is 30.4 Å². The summed E-state index contributed by atoms with van der Waals surface area (Å²) < 4.78 is 10.1. The summed E-state index contributed by atoms with van der Waals surface area (Å²) in [5, 5.41) is 6.73. The summed E-state index contributed by atoms with van der Waals surface area (Å²) in [5.41, 5.74) is 1.06. The van der Waals surface area contributed by atoms with Gasteiger partial charge in [0.05, 0.1) is 18.5 Å². The summed E-state index contributed by atoms with van der Waals surface area (Å²) in [7, 11) is 0. The highest BCUT2D eigenvalue weighted by atomic mass is 32.1. The van der Waals surface area contributed by atoms with Crippen LogP contribution in [0.15, 0.2) is 23.1 Å². The highest BCUT2D eigenvalue weighted by molar-refractivity contribution is 7.16. The summed E-state index contributed by atoms with van der Waals surface area (Å²) in [4.78, 5) is 41.7. The number of rotatable bonds is 5. The van der Waals surface area contributed by atoms with Gasteiger partial charge in [0, 0.05) is 17.3 Å². The maximum Gasteiger partial charge on any atom is 0.316 e. The van der Waals surface area contributed by atoms with Crippen molar-refractivity contribution < 1.29 is 18.8 Å². The van der Waals surface area contributed by atoms with Gasteiger partial charge in [-0.05, 0) is 19.8 Å². The van der Waals surface area contributed by atoms with Crippen LogP contribution in [0.3, 0.4) is 0 Å². The Morgan fingerprint density at radius 3 is 3.04 bits per heavy atom. The summed E-state index contributed by atoms with van der Waals surface area (Å²) in [6, 6.07) is 0. The predicted octanol–water partition coefficient (Wildman–Crippen LogP) is 1.83. The molecule has 0 saturated heterocycles. The number of nitrogens with one attached hydrogen (secondary N) is 1. The van der Waals surface area contributed by atoms with Crippen molar-refractivity contribution in [2.45, 2.75) is 25.7 Å². The minimum atomic E-state index is -0.585. The Morgan fingerprint density at radius 2 is 2.26 bits per heavy atom. The van der Waals surface area contributed by atoms with Crippen molar-refractivity contribution in [2.24, 2.45) is 0 Å². The number of hydrogen-bond acceptors (Lipinski definition) is 10. The molecule has 3 heterocycles. The zero-order valence-corrected chi connectivity index (χ0v) is 15.0. The second-order valence-corrected chi connectivity index (χ2v) is 6.72. The van der Waals surface area contributed by atoms with E-state index >= 15 is 0 Å². The molecule has 0 aromatic carbocycles. The normalized spacial score (nSPS) is 15.4. The zero-order valence-electron chi connectivity index (χ0n) is 14.2. The Hall–Kier alpha value is -3.21. The highest BCUT2D eigenvalue weighted by Gasteiger charge is 2.34. The smallest absolute Gasteiger partial charge is 0.316 e. The molecular weight excluding hydrogens is 372 g/mol. The monoisotopic (exact) mass is 386 g/mol. The number of hydrogen-bond donors (Lipinski definition) is 1. The first-order valence-electron chi connectivity index (χ1n) is 8.23. The van der Waals surface area contributed by atoms with E-state index in [9.17, 15) is 9.59 Å². The first-order chi connectivity index (χ1) is 13.2. The van der Waals surface area contributed by atoms with Crippen LogP contribution < -0.4 is 5.32 Å². The number of aromatic nitrogens is 5. The number of fused-ring (bicyclic) bond motifs is 1. The van der Waals surface area contributed by atoms with Crippen LogP contribution in [0.1, 0.15) is 40.5 Å². The molecule has 1 N–H and O–H groups in total. The number of carbonyl (C=O) groups excluding carboxylic acids is 2. The van der Waals surface area contributed by atoms with Crippen LogP contribution in [0.25, 0.3) is 11.5 Å². The maximum atomic E-state index is 12.3. The van der Waals surface area contributed by atoms with E-state index in [-0.39, 0.29) is 23.6 Å². The van der Waals surface area contributed by atoms with Crippen LogP contribution in [0, 0.1) is 0 Å². The fraction of sp³-hybridized carbons (Fsp3) is 0.312. The van der Waals surface area contributed by atoms with Gasteiger partial charge in [-0.3, -0.25) is 19.9 Å². The van der Waals surface area contributed by atoms with E-state index in [1.807, 2.05) is 0 Å². The van der Waals surface area contributed by atoms with Gasteiger partial charge in [0.1, 0.15) is 11.6 Å². The van der Waals surface area contributed by atoms with Gasteiger partial charge < -0.3 is 9.26 Å². The minimum absolute atomic E-state index is 0.164. The quantitative estimate of drug-likeness (QED) is 0.652. The lowest BCUT2D eigenvalue weighted by atomic mass is 10.1. The summed E-state index contributed by atoms with van der Waals surface area (Å²) >= 11 is 1.32. The highest BCUT2D eigenvalue weighted by Crippen LogP contribution is 2.39. The van der Waals surface area contributed by atoms with Gasteiger partial charge in [0.15, 0.2) is 5.13 Å². The van der Waals surface area contributed by atoms with E-state index in [0.29, 0.717) is 29.5 Å². The van der Waals surface area contributed by atoms with Crippen LogP contribution in [-0.2, 0) is 16.0 Å². The molecule has 0 radical (unpaired) electrons. The fourth-order valence-electron chi connectivity index (χ4n) is 2.74. The van der Waals surface area contributed by atoms with Crippen molar-refractivity contribution in [3.05, 3.63) is 35.1 Å². The molecule has 0 bridgehead atoms. The number of amides is 1. The number of carbonyl (C=O) groups is 2. The topological polar surface area (TPSA) is 133 Å². The van der Waals surface area contributed by atoms with Gasteiger partial charge in [0.25, 0.3) is 0 Å². The average molecular weight is 386 g/mol. The molecule has 0 unspecified atom stereocenters. The number of ether oxygens (including phenoxy) is 1. The van der Waals surface area contributed by atoms with E-state index < -0.39 is 5.91 Å². The Kier molecular flexibility index (Phi) is 4.59. The van der Waals surface area contributed by atoms with E-state index in [0.717, 1.165) is 11.3 Å². The van der Waals surface area contributed by atoms with Gasteiger partial charge in [-0.15, -0.1) is 11.3 Å². The van der Waals surface area contributed by atoms with Crippen molar-refractivity contribution in [1.29, 1.82) is 0 Å². The number of anilines is 1. The van der Waals surface area contributed by atoms with Gasteiger partial charge >= 0.3 is 17.8 Å². The molecule has 0 fully saturated rings. The van der Waals surface area contributed by atoms with Crippen LogP contribution in [0.4, 0.5) is 5.13 Å². The van der Waals surface area contributed by atoms with Crippen molar-refractivity contribution in [3.8, 4) is 11.5 Å². The molecular formula is C16H14N6O4S. The third-order valence-electron chi connectivity index (χ3n) is 3.92. The van der Waals surface area contributed by atoms with Crippen LogP contribution in [0.2, 0.25) is 0 Å². The molecule has 4 rings (SSSR count). The van der Waals surface area contributed by atoms with Crippen molar-refractivity contribution in [2.75, 3.05) is 11.9 Å². The largest absolute Gasteiger partial charge is 0.465 e. The molecule has 0 saturated carbocycles. The lowest BCUT2D eigenvalue weighted by molar-refractivity contribution is -0.145. The molecule has 1 atom stereocenters. The van der Waals surface area contributed by atoms with Crippen molar-refractivity contribution >= 4 is 28.3 Å². The number of nitrogens with zero attached hydrogens (tertiary/aromatic N) is 5. The van der Waals surface area contributed by atoms with E-state index in [1.54, 1.807) is 6.92 Å². The molecule has 0 spiro atoms. The molecule has 0 aliphatic heterocycles. The average Bonchev–Trinajstić information content (AvgIpc) is 3.38. The fourth-order valence-corrected chi connectivity index (χ4v) is 3.77. The summed E-state index contributed by atoms with van der Waals surface area (Å²) in [6.07, 6.45) is 5.87. The summed E-state index contributed by atoms with van der Waals surface area (Å²) in [6.45, 7) is 2.09. The molecule has 1 aliphatic rings. The second-order valence-electron chi connectivity index (χ2n) is 5.64. The van der Waals surface area contributed by atoms with Crippen LogP contribution in [-0.4, -0.2) is 43.6 Å². The van der Waals surface area contributed by atoms with Crippen LogP contribution >= 0.6 is 11.3 Å². The van der Waals surface area contributed by atoms with Gasteiger partial charge in [-0.1, -0.05) is 5.16 Å². The lowest BCUT2D eigenvalue weighted by Gasteiger charge is -2.07. The first-order valence-corrected chi connectivity index (χ1v) is 9.05. The molecule has 3 aromatic heterocycles. The maximum absolute atomic E-state index is 12.3. The standard InChI is InChI=1S/C16H14N6O4S/c1-2-25-15(24)8-3-4-10-11(8)19-16(27-10)21-13(23)14-20-12(22-26-14)9-7-17-5-6-18-9/h5-8H,2-4H2,1H3,(H,19,21,23)/t8-/m0/s1. The van der Waals surface area contributed by atoms with Gasteiger partial charge in [-0.25, -0.2) is 9.97 Å². The Labute approximate surface area is 157 Å². The first kappa shape index (κ1) is 17.2.